The first-order chi connectivity index (χ1) is 6.88. The molecule has 0 N–H and O–H groups in total. The monoisotopic (exact) mass is 212 g/mol. The molecule has 0 unspecified atom stereocenters. The third-order valence-corrected chi connectivity index (χ3v) is 3.32. The van der Waals surface area contributed by atoms with E-state index in [0.717, 1.165) is 6.04 Å². The van der Waals surface area contributed by atoms with Gasteiger partial charge in [-0.1, -0.05) is 20.8 Å². The van der Waals surface area contributed by atoms with Gasteiger partial charge < -0.3 is 4.90 Å². The van der Waals surface area contributed by atoms with E-state index in [4.69, 9.17) is 0 Å². The van der Waals surface area contributed by atoms with E-state index in [-0.39, 0.29) is 0 Å². The number of nitrogens with zero attached hydrogens (tertiary/aromatic N) is 2. The fourth-order valence-electron chi connectivity index (χ4n) is 2.00. The van der Waals surface area contributed by atoms with Crippen molar-refractivity contribution in [3.63, 3.8) is 0 Å². The Kier molecular flexibility index (Phi) is 4.60. The van der Waals surface area contributed by atoms with E-state index in [1.54, 1.807) is 0 Å². The molecule has 2 heteroatoms. The van der Waals surface area contributed by atoms with Crippen LogP contribution in [0.15, 0.2) is 0 Å². The van der Waals surface area contributed by atoms with E-state index in [2.05, 4.69) is 44.4 Å². The maximum Gasteiger partial charge on any atom is 0.0113 e. The standard InChI is InChI=1S/C13H28N2/c1-12(2)15-10-8-14(9-11-15)7-6-13(3,4)5/h12H,6-11H2,1-5H3. The molecule has 0 radical (unpaired) electrons. The van der Waals surface area contributed by atoms with Crippen molar-refractivity contribution >= 4 is 0 Å². The molecule has 1 rings (SSSR count). The molecule has 0 bridgehead atoms. The van der Waals surface area contributed by atoms with Crippen LogP contribution in [0, 0.1) is 5.41 Å². The fourth-order valence-corrected chi connectivity index (χ4v) is 2.00. The molecule has 90 valence electrons. The number of rotatable bonds is 3. The Morgan fingerprint density at radius 1 is 1.00 bits per heavy atom. The normalized spacial score (nSPS) is 21.2. The molecule has 0 aliphatic carbocycles. The van der Waals surface area contributed by atoms with Gasteiger partial charge >= 0.3 is 0 Å². The maximum absolute atomic E-state index is 2.62. The molecule has 0 atom stereocenters. The Morgan fingerprint density at radius 3 is 1.93 bits per heavy atom. The molecule has 0 aromatic rings. The van der Waals surface area contributed by atoms with Gasteiger partial charge in [-0.05, 0) is 32.2 Å². The third-order valence-electron chi connectivity index (χ3n) is 3.32. The van der Waals surface area contributed by atoms with Crippen LogP contribution >= 0.6 is 0 Å². The zero-order chi connectivity index (χ0) is 11.5. The number of hydrogen-bond acceptors (Lipinski definition) is 2. The first-order valence-corrected chi connectivity index (χ1v) is 6.35. The highest BCUT2D eigenvalue weighted by Crippen LogP contribution is 2.19. The van der Waals surface area contributed by atoms with Gasteiger partial charge in [0.2, 0.25) is 0 Å². The Hall–Kier alpha value is -0.0800. The first kappa shape index (κ1) is 13.0. The highest BCUT2D eigenvalue weighted by Gasteiger charge is 2.20. The summed E-state index contributed by atoms with van der Waals surface area (Å²) in [6, 6.07) is 0.717. The molecule has 0 saturated carbocycles. The van der Waals surface area contributed by atoms with Crippen molar-refractivity contribution < 1.29 is 0 Å². The smallest absolute Gasteiger partial charge is 0.0113 e. The second-order valence-corrected chi connectivity index (χ2v) is 6.28. The Bertz CT molecular complexity index is 173. The molecule has 1 fully saturated rings. The van der Waals surface area contributed by atoms with Gasteiger partial charge in [0.15, 0.2) is 0 Å². The lowest BCUT2D eigenvalue weighted by molar-refractivity contribution is 0.100. The lowest BCUT2D eigenvalue weighted by atomic mass is 9.92. The van der Waals surface area contributed by atoms with Crippen LogP contribution in [-0.4, -0.2) is 48.6 Å². The SMILES string of the molecule is CC(C)N1CCN(CCC(C)(C)C)CC1. The van der Waals surface area contributed by atoms with Gasteiger partial charge in [0, 0.05) is 32.2 Å². The van der Waals surface area contributed by atoms with Gasteiger partial charge in [-0.3, -0.25) is 4.90 Å². The highest BCUT2D eigenvalue weighted by molar-refractivity contribution is 4.75. The van der Waals surface area contributed by atoms with Crippen molar-refractivity contribution in [2.24, 2.45) is 5.41 Å². The Balaban J connectivity index is 2.20. The third kappa shape index (κ3) is 4.98. The van der Waals surface area contributed by atoms with Crippen molar-refractivity contribution in [2.45, 2.75) is 47.1 Å². The first-order valence-electron chi connectivity index (χ1n) is 6.35. The minimum atomic E-state index is 0.481. The second kappa shape index (κ2) is 5.31. The van der Waals surface area contributed by atoms with Crippen LogP contribution in [-0.2, 0) is 0 Å². The van der Waals surface area contributed by atoms with Crippen molar-refractivity contribution in [1.29, 1.82) is 0 Å². The Labute approximate surface area is 95.6 Å². The van der Waals surface area contributed by atoms with Gasteiger partial charge in [0.25, 0.3) is 0 Å². The van der Waals surface area contributed by atoms with Gasteiger partial charge in [-0.25, -0.2) is 0 Å². The van der Waals surface area contributed by atoms with Crippen LogP contribution in [0.3, 0.4) is 0 Å². The van der Waals surface area contributed by atoms with Crippen molar-refractivity contribution in [3.05, 3.63) is 0 Å². The minimum absolute atomic E-state index is 0.481. The summed E-state index contributed by atoms with van der Waals surface area (Å²) in [7, 11) is 0. The minimum Gasteiger partial charge on any atom is -0.301 e. The van der Waals surface area contributed by atoms with Crippen LogP contribution in [0.4, 0.5) is 0 Å². The summed E-state index contributed by atoms with van der Waals surface area (Å²) >= 11 is 0. The fraction of sp³-hybridized carbons (Fsp3) is 1.00. The van der Waals surface area contributed by atoms with Crippen LogP contribution in [0.25, 0.3) is 0 Å². The summed E-state index contributed by atoms with van der Waals surface area (Å²) in [5, 5.41) is 0. The molecule has 1 heterocycles. The van der Waals surface area contributed by atoms with Crippen LogP contribution in [0.5, 0.6) is 0 Å². The summed E-state index contributed by atoms with van der Waals surface area (Å²) in [5.74, 6) is 0. The molecule has 1 aliphatic heterocycles. The summed E-state index contributed by atoms with van der Waals surface area (Å²) in [6.45, 7) is 17.9. The molecular formula is C13H28N2. The molecule has 15 heavy (non-hydrogen) atoms. The second-order valence-electron chi connectivity index (χ2n) is 6.28. The van der Waals surface area contributed by atoms with E-state index in [0.29, 0.717) is 5.41 Å². The lowest BCUT2D eigenvalue weighted by Crippen LogP contribution is -2.49. The van der Waals surface area contributed by atoms with E-state index in [9.17, 15) is 0 Å². The average Bonchev–Trinajstić information content (AvgIpc) is 2.14. The molecule has 0 aromatic heterocycles. The Morgan fingerprint density at radius 2 is 1.53 bits per heavy atom. The van der Waals surface area contributed by atoms with Crippen molar-refractivity contribution in [1.82, 2.24) is 9.80 Å². The molecule has 1 saturated heterocycles. The predicted octanol–water partition coefficient (Wildman–Crippen LogP) is 2.45. The molecular weight excluding hydrogens is 184 g/mol. The van der Waals surface area contributed by atoms with Gasteiger partial charge in [0.05, 0.1) is 0 Å². The highest BCUT2D eigenvalue weighted by atomic mass is 15.3. The zero-order valence-electron chi connectivity index (χ0n) is 11.2. The topological polar surface area (TPSA) is 6.48 Å². The zero-order valence-corrected chi connectivity index (χ0v) is 11.2. The van der Waals surface area contributed by atoms with E-state index >= 15 is 0 Å². The largest absolute Gasteiger partial charge is 0.301 e. The maximum atomic E-state index is 2.62. The molecule has 0 spiro atoms. The summed E-state index contributed by atoms with van der Waals surface area (Å²) in [5.41, 5.74) is 0.481. The summed E-state index contributed by atoms with van der Waals surface area (Å²) < 4.78 is 0. The van der Waals surface area contributed by atoms with Crippen LogP contribution < -0.4 is 0 Å². The average molecular weight is 212 g/mol. The van der Waals surface area contributed by atoms with Crippen LogP contribution in [0.1, 0.15) is 41.0 Å². The predicted molar refractivity (Wildman–Crippen MR) is 67.2 cm³/mol. The van der Waals surface area contributed by atoms with E-state index < -0.39 is 0 Å². The molecule has 1 aliphatic rings. The lowest BCUT2D eigenvalue weighted by Gasteiger charge is -2.37. The van der Waals surface area contributed by atoms with Crippen molar-refractivity contribution in [3.8, 4) is 0 Å². The summed E-state index contributed by atoms with van der Waals surface area (Å²) in [4.78, 5) is 5.19. The van der Waals surface area contributed by atoms with E-state index in [1.165, 1.54) is 39.1 Å². The van der Waals surface area contributed by atoms with E-state index in [1.807, 2.05) is 0 Å². The van der Waals surface area contributed by atoms with Crippen molar-refractivity contribution in [2.75, 3.05) is 32.7 Å². The molecule has 2 nitrogen and oxygen atoms in total. The number of piperazine rings is 1. The summed E-state index contributed by atoms with van der Waals surface area (Å²) in [6.07, 6.45) is 1.31. The van der Waals surface area contributed by atoms with Gasteiger partial charge in [-0.15, -0.1) is 0 Å². The van der Waals surface area contributed by atoms with Gasteiger partial charge in [-0.2, -0.15) is 0 Å². The molecule has 0 amide bonds. The van der Waals surface area contributed by atoms with Crippen LogP contribution in [0.2, 0.25) is 0 Å². The quantitative estimate of drug-likeness (QED) is 0.709. The van der Waals surface area contributed by atoms with Gasteiger partial charge in [0.1, 0.15) is 0 Å². The number of hydrogen-bond donors (Lipinski definition) is 0. The molecule has 0 aromatic carbocycles.